The van der Waals surface area contributed by atoms with Crippen molar-refractivity contribution < 1.29 is 17.5 Å². The molecule has 2 aromatic carbocycles. The number of halogens is 1. The Hall–Kier alpha value is -2.61. The number of benzene rings is 2. The standard InChI is InChI=1S/C22H30FN3O3S/c1-4-20(29-21-9-7-6-8-10-21)15-26-22(24-5-2)25-14-18-13-19(23)12-11-17(18)16-30(3,27)28/h6-13,20H,4-5,14-16H2,1-3H3,(H2,24,25,26). The fourth-order valence-electron chi connectivity index (χ4n) is 2.84. The van der Waals surface area contributed by atoms with Gasteiger partial charge in [0.25, 0.3) is 0 Å². The maximum absolute atomic E-state index is 13.7. The third-order valence-corrected chi connectivity index (χ3v) is 5.17. The van der Waals surface area contributed by atoms with Crippen LogP contribution in [0.5, 0.6) is 5.75 Å². The lowest BCUT2D eigenvalue weighted by molar-refractivity contribution is 0.199. The Balaban J connectivity index is 2.07. The third-order valence-electron chi connectivity index (χ3n) is 4.34. The van der Waals surface area contributed by atoms with E-state index in [1.807, 2.05) is 44.2 Å². The molecule has 0 aliphatic carbocycles. The number of guanidine groups is 1. The Morgan fingerprint density at radius 1 is 1.10 bits per heavy atom. The van der Waals surface area contributed by atoms with Crippen LogP contribution in [0, 0.1) is 5.82 Å². The fourth-order valence-corrected chi connectivity index (χ4v) is 3.69. The summed E-state index contributed by atoms with van der Waals surface area (Å²) in [5.41, 5.74) is 1.10. The van der Waals surface area contributed by atoms with E-state index in [1.165, 1.54) is 18.2 Å². The number of nitrogens with zero attached hydrogens (tertiary/aromatic N) is 1. The van der Waals surface area contributed by atoms with Crippen LogP contribution in [-0.4, -0.2) is 39.8 Å². The number of hydrogen-bond acceptors (Lipinski definition) is 4. The van der Waals surface area contributed by atoms with Gasteiger partial charge in [-0.05, 0) is 48.7 Å². The summed E-state index contributed by atoms with van der Waals surface area (Å²) >= 11 is 0. The highest BCUT2D eigenvalue weighted by molar-refractivity contribution is 7.89. The molecule has 0 radical (unpaired) electrons. The zero-order valence-corrected chi connectivity index (χ0v) is 18.5. The second-order valence-corrected chi connectivity index (χ2v) is 9.16. The Morgan fingerprint density at radius 2 is 1.83 bits per heavy atom. The number of nitrogens with one attached hydrogen (secondary N) is 2. The van der Waals surface area contributed by atoms with Crippen LogP contribution in [0.3, 0.4) is 0 Å². The number of para-hydroxylation sites is 1. The van der Waals surface area contributed by atoms with Gasteiger partial charge in [0.05, 0.1) is 18.8 Å². The first-order chi connectivity index (χ1) is 14.3. The van der Waals surface area contributed by atoms with E-state index in [-0.39, 0.29) is 18.4 Å². The SMILES string of the molecule is CCNC(=NCc1cc(F)ccc1CS(C)(=O)=O)NCC(CC)Oc1ccccc1. The maximum atomic E-state index is 13.7. The summed E-state index contributed by atoms with van der Waals surface area (Å²) in [7, 11) is -3.23. The predicted octanol–water partition coefficient (Wildman–Crippen LogP) is 3.28. The first-order valence-electron chi connectivity index (χ1n) is 9.99. The molecule has 0 bridgehead atoms. The lowest BCUT2D eigenvalue weighted by Gasteiger charge is -2.20. The van der Waals surface area contributed by atoms with Gasteiger partial charge in [-0.2, -0.15) is 0 Å². The first kappa shape index (κ1) is 23.7. The van der Waals surface area contributed by atoms with Crippen LogP contribution in [0.15, 0.2) is 53.5 Å². The van der Waals surface area contributed by atoms with Gasteiger partial charge in [0.2, 0.25) is 0 Å². The highest BCUT2D eigenvalue weighted by atomic mass is 32.2. The molecular formula is C22H30FN3O3S. The zero-order valence-electron chi connectivity index (χ0n) is 17.7. The van der Waals surface area contributed by atoms with Crippen molar-refractivity contribution >= 4 is 15.8 Å². The Bertz CT molecular complexity index is 934. The highest BCUT2D eigenvalue weighted by Crippen LogP contribution is 2.16. The van der Waals surface area contributed by atoms with Gasteiger partial charge in [-0.15, -0.1) is 0 Å². The number of hydrogen-bond donors (Lipinski definition) is 2. The third kappa shape index (κ3) is 8.41. The van der Waals surface area contributed by atoms with Gasteiger partial charge in [-0.25, -0.2) is 17.8 Å². The predicted molar refractivity (Wildman–Crippen MR) is 119 cm³/mol. The van der Waals surface area contributed by atoms with Crippen LogP contribution in [0.25, 0.3) is 0 Å². The summed E-state index contributed by atoms with van der Waals surface area (Å²) in [6, 6.07) is 13.7. The topological polar surface area (TPSA) is 79.8 Å². The molecule has 30 heavy (non-hydrogen) atoms. The monoisotopic (exact) mass is 435 g/mol. The smallest absolute Gasteiger partial charge is 0.191 e. The van der Waals surface area contributed by atoms with Gasteiger partial charge in [0.15, 0.2) is 15.8 Å². The van der Waals surface area contributed by atoms with Crippen molar-refractivity contribution in [1.82, 2.24) is 10.6 Å². The van der Waals surface area contributed by atoms with Crippen LogP contribution in [0.1, 0.15) is 31.4 Å². The number of rotatable bonds is 10. The molecular weight excluding hydrogens is 405 g/mol. The van der Waals surface area contributed by atoms with Crippen molar-refractivity contribution in [3.8, 4) is 5.75 Å². The van der Waals surface area contributed by atoms with Crippen molar-refractivity contribution in [3.63, 3.8) is 0 Å². The summed E-state index contributed by atoms with van der Waals surface area (Å²) in [6.45, 7) is 5.35. The summed E-state index contributed by atoms with van der Waals surface area (Å²) < 4.78 is 43.0. The summed E-state index contributed by atoms with van der Waals surface area (Å²) in [5, 5.41) is 6.40. The molecule has 0 aliphatic heterocycles. The minimum Gasteiger partial charge on any atom is -0.489 e. The molecule has 1 atom stereocenters. The molecule has 0 aliphatic rings. The molecule has 2 N–H and O–H groups in total. The summed E-state index contributed by atoms with van der Waals surface area (Å²) in [4.78, 5) is 4.51. The van der Waals surface area contributed by atoms with Crippen LogP contribution in [0.4, 0.5) is 4.39 Å². The molecule has 8 heteroatoms. The van der Waals surface area contributed by atoms with E-state index in [4.69, 9.17) is 4.74 Å². The molecule has 0 fully saturated rings. The average molecular weight is 436 g/mol. The van der Waals surface area contributed by atoms with Gasteiger partial charge in [0, 0.05) is 12.8 Å². The molecule has 6 nitrogen and oxygen atoms in total. The molecule has 0 spiro atoms. The van der Waals surface area contributed by atoms with Crippen molar-refractivity contribution in [1.29, 1.82) is 0 Å². The van der Waals surface area contributed by atoms with Gasteiger partial charge < -0.3 is 15.4 Å². The minimum absolute atomic E-state index is 0.0498. The number of sulfone groups is 1. The molecule has 0 aromatic heterocycles. The van der Waals surface area contributed by atoms with Crippen LogP contribution < -0.4 is 15.4 Å². The second-order valence-electron chi connectivity index (χ2n) is 7.02. The molecule has 164 valence electrons. The summed E-state index contributed by atoms with van der Waals surface area (Å²) in [5.74, 6) is 0.795. The molecule has 2 rings (SSSR count). The van der Waals surface area contributed by atoms with Gasteiger partial charge in [-0.3, -0.25) is 0 Å². The largest absolute Gasteiger partial charge is 0.489 e. The van der Waals surface area contributed by atoms with E-state index in [0.29, 0.717) is 30.2 Å². The van der Waals surface area contributed by atoms with E-state index < -0.39 is 15.7 Å². The van der Waals surface area contributed by atoms with Crippen LogP contribution in [-0.2, 0) is 22.1 Å². The molecule has 0 saturated heterocycles. The van der Waals surface area contributed by atoms with Crippen LogP contribution in [0.2, 0.25) is 0 Å². The van der Waals surface area contributed by atoms with Gasteiger partial charge in [-0.1, -0.05) is 31.2 Å². The van der Waals surface area contributed by atoms with E-state index in [1.54, 1.807) is 0 Å². The second kappa shape index (κ2) is 11.5. The summed E-state index contributed by atoms with van der Waals surface area (Å²) in [6.07, 6.45) is 1.92. The molecule has 2 aromatic rings. The molecule has 0 heterocycles. The fraction of sp³-hybridized carbons (Fsp3) is 0.409. The van der Waals surface area contributed by atoms with E-state index in [2.05, 4.69) is 15.6 Å². The van der Waals surface area contributed by atoms with E-state index in [9.17, 15) is 12.8 Å². The number of ether oxygens (including phenoxy) is 1. The van der Waals surface area contributed by atoms with Gasteiger partial charge >= 0.3 is 0 Å². The van der Waals surface area contributed by atoms with Crippen molar-refractivity contribution in [2.24, 2.45) is 4.99 Å². The average Bonchev–Trinajstić information content (AvgIpc) is 2.70. The number of aliphatic imine (C=N–C) groups is 1. The highest BCUT2D eigenvalue weighted by Gasteiger charge is 2.12. The van der Waals surface area contributed by atoms with Crippen molar-refractivity contribution in [2.75, 3.05) is 19.3 Å². The molecule has 0 amide bonds. The zero-order chi connectivity index (χ0) is 22.0. The van der Waals surface area contributed by atoms with E-state index >= 15 is 0 Å². The van der Waals surface area contributed by atoms with Crippen molar-refractivity contribution in [3.05, 3.63) is 65.5 Å². The normalized spacial score (nSPS) is 13.0. The lowest BCUT2D eigenvalue weighted by atomic mass is 10.1. The quantitative estimate of drug-likeness (QED) is 0.442. The Morgan fingerprint density at radius 3 is 2.47 bits per heavy atom. The molecule has 0 saturated carbocycles. The minimum atomic E-state index is -3.23. The van der Waals surface area contributed by atoms with E-state index in [0.717, 1.165) is 18.4 Å². The Kier molecular flexibility index (Phi) is 9.11. The lowest BCUT2D eigenvalue weighted by Crippen LogP contribution is -2.42. The Labute approximate surface area is 178 Å². The molecule has 1 unspecified atom stereocenters. The van der Waals surface area contributed by atoms with Crippen LogP contribution >= 0.6 is 0 Å². The van der Waals surface area contributed by atoms with Gasteiger partial charge in [0.1, 0.15) is 17.7 Å². The van der Waals surface area contributed by atoms with Crippen molar-refractivity contribution in [2.45, 2.75) is 38.7 Å². The maximum Gasteiger partial charge on any atom is 0.191 e. The first-order valence-corrected chi connectivity index (χ1v) is 12.1.